The number of methoxy groups -OCH3 is 1. The topological polar surface area (TPSA) is 58.6 Å². The maximum Gasteiger partial charge on any atom is 0.243 e. The minimum atomic E-state index is -3.39. The number of nitrogens with zero attached hydrogens (tertiary/aromatic N) is 1. The molecule has 1 atom stereocenters. The zero-order valence-electron chi connectivity index (χ0n) is 12.6. The van der Waals surface area contributed by atoms with Crippen LogP contribution in [-0.4, -0.2) is 46.5 Å². The van der Waals surface area contributed by atoms with Crippen molar-refractivity contribution in [2.45, 2.75) is 18.2 Å². The lowest BCUT2D eigenvalue weighted by molar-refractivity contribution is 0.411. The Kier molecular flexibility index (Phi) is 6.46. The fourth-order valence-electron chi connectivity index (χ4n) is 2.63. The Balaban J connectivity index is 0.00000220. The smallest absolute Gasteiger partial charge is 0.243 e. The third kappa shape index (κ3) is 3.88. The fourth-order valence-corrected chi connectivity index (χ4v) is 4.25. The average Bonchev–Trinajstić information content (AvgIpc) is 2.88. The van der Waals surface area contributed by atoms with Crippen molar-refractivity contribution in [2.75, 3.05) is 33.8 Å². The number of benzene rings is 1. The molecule has 120 valence electrons. The van der Waals surface area contributed by atoms with Crippen LogP contribution in [0, 0.1) is 12.8 Å². The van der Waals surface area contributed by atoms with Gasteiger partial charge < -0.3 is 10.1 Å². The van der Waals surface area contributed by atoms with Gasteiger partial charge in [0.25, 0.3) is 0 Å². The second kappa shape index (κ2) is 7.45. The molecule has 0 bridgehead atoms. The number of ether oxygens (including phenoxy) is 1. The molecule has 1 N–H and O–H groups in total. The van der Waals surface area contributed by atoms with Crippen molar-refractivity contribution >= 4 is 22.4 Å². The summed E-state index contributed by atoms with van der Waals surface area (Å²) in [6.07, 6.45) is 0.912. The Hall–Kier alpha value is -0.820. The van der Waals surface area contributed by atoms with E-state index in [2.05, 4.69) is 5.32 Å². The van der Waals surface area contributed by atoms with E-state index in [-0.39, 0.29) is 12.4 Å². The van der Waals surface area contributed by atoms with Crippen LogP contribution in [0.3, 0.4) is 0 Å². The van der Waals surface area contributed by atoms with Crippen molar-refractivity contribution in [3.05, 3.63) is 23.8 Å². The number of rotatable bonds is 5. The molecule has 7 heteroatoms. The van der Waals surface area contributed by atoms with E-state index in [1.165, 1.54) is 0 Å². The van der Waals surface area contributed by atoms with Crippen LogP contribution in [0.25, 0.3) is 0 Å². The number of halogens is 1. The van der Waals surface area contributed by atoms with Crippen molar-refractivity contribution in [3.8, 4) is 5.75 Å². The maximum atomic E-state index is 12.6. The third-order valence-electron chi connectivity index (χ3n) is 3.75. The molecule has 5 nitrogen and oxygen atoms in total. The van der Waals surface area contributed by atoms with E-state index in [1.807, 2.05) is 14.0 Å². The number of hydrogen-bond donors (Lipinski definition) is 1. The van der Waals surface area contributed by atoms with Gasteiger partial charge in [0.05, 0.1) is 12.0 Å². The van der Waals surface area contributed by atoms with Crippen molar-refractivity contribution in [1.29, 1.82) is 0 Å². The number of sulfonamides is 1. The lowest BCUT2D eigenvalue weighted by Crippen LogP contribution is -2.30. The molecule has 1 saturated heterocycles. The molecule has 1 aromatic rings. The molecule has 2 rings (SSSR count). The molecule has 1 aromatic carbocycles. The van der Waals surface area contributed by atoms with Gasteiger partial charge in [-0.05, 0) is 56.6 Å². The summed E-state index contributed by atoms with van der Waals surface area (Å²) in [5.74, 6) is 1.10. The van der Waals surface area contributed by atoms with Gasteiger partial charge in [-0.25, -0.2) is 8.42 Å². The Morgan fingerprint density at radius 1 is 1.43 bits per heavy atom. The molecule has 1 aliphatic rings. The normalized spacial score (nSPS) is 19.3. The minimum absolute atomic E-state index is 0. The molecule has 1 fully saturated rings. The van der Waals surface area contributed by atoms with Crippen LogP contribution >= 0.6 is 12.4 Å². The minimum Gasteiger partial charge on any atom is -0.496 e. The lowest BCUT2D eigenvalue weighted by Gasteiger charge is -2.17. The highest BCUT2D eigenvalue weighted by Crippen LogP contribution is 2.27. The molecule has 0 saturated carbocycles. The second-order valence-corrected chi connectivity index (χ2v) is 7.14. The first-order valence-corrected chi connectivity index (χ1v) is 8.22. The first-order chi connectivity index (χ1) is 9.48. The van der Waals surface area contributed by atoms with E-state index in [1.54, 1.807) is 29.6 Å². The summed E-state index contributed by atoms with van der Waals surface area (Å²) in [6.45, 7) is 3.90. The zero-order valence-corrected chi connectivity index (χ0v) is 14.3. The Morgan fingerprint density at radius 3 is 2.71 bits per heavy atom. The van der Waals surface area contributed by atoms with Gasteiger partial charge in [0, 0.05) is 13.1 Å². The van der Waals surface area contributed by atoms with Crippen LogP contribution in [0.15, 0.2) is 23.1 Å². The van der Waals surface area contributed by atoms with Crippen LogP contribution in [0.4, 0.5) is 0 Å². The first kappa shape index (κ1) is 18.2. The lowest BCUT2D eigenvalue weighted by atomic mass is 10.1. The summed E-state index contributed by atoms with van der Waals surface area (Å²) in [6, 6.07) is 5.01. The molecule has 1 aliphatic heterocycles. The predicted molar refractivity (Wildman–Crippen MR) is 85.8 cm³/mol. The van der Waals surface area contributed by atoms with Crippen LogP contribution < -0.4 is 10.1 Å². The molecule has 0 aromatic heterocycles. The van der Waals surface area contributed by atoms with Crippen LogP contribution in [0.5, 0.6) is 5.75 Å². The van der Waals surface area contributed by atoms with E-state index in [9.17, 15) is 8.42 Å². The van der Waals surface area contributed by atoms with Crippen LogP contribution in [-0.2, 0) is 10.0 Å². The molecule has 1 unspecified atom stereocenters. The van der Waals surface area contributed by atoms with Gasteiger partial charge in [0.2, 0.25) is 10.0 Å². The monoisotopic (exact) mass is 334 g/mol. The van der Waals surface area contributed by atoms with Crippen LogP contribution in [0.1, 0.15) is 12.0 Å². The number of nitrogens with one attached hydrogen (secondary N) is 1. The predicted octanol–water partition coefficient (Wildman–Crippen LogP) is 1.66. The van der Waals surface area contributed by atoms with Crippen molar-refractivity contribution < 1.29 is 13.2 Å². The molecule has 1 heterocycles. The largest absolute Gasteiger partial charge is 0.496 e. The SMILES string of the molecule is CNCC1CCN(S(=O)(=O)c2ccc(OC)c(C)c2)C1.Cl. The number of aryl methyl sites for hydroxylation is 1. The summed E-state index contributed by atoms with van der Waals surface area (Å²) in [7, 11) is 0.0881. The van der Waals surface area contributed by atoms with Gasteiger partial charge in [-0.2, -0.15) is 4.31 Å². The van der Waals surface area contributed by atoms with Crippen LogP contribution in [0.2, 0.25) is 0 Å². The Labute approximate surface area is 133 Å². The van der Waals surface area contributed by atoms with E-state index in [4.69, 9.17) is 4.74 Å². The Morgan fingerprint density at radius 2 is 2.14 bits per heavy atom. The molecule has 21 heavy (non-hydrogen) atoms. The van der Waals surface area contributed by atoms with E-state index < -0.39 is 10.0 Å². The molecule has 0 spiro atoms. The number of hydrogen-bond acceptors (Lipinski definition) is 4. The van der Waals surface area contributed by atoms with Crippen molar-refractivity contribution in [1.82, 2.24) is 9.62 Å². The van der Waals surface area contributed by atoms with Gasteiger partial charge in [0.15, 0.2) is 0 Å². The molecule has 0 radical (unpaired) electrons. The maximum absolute atomic E-state index is 12.6. The molecular formula is C14H23ClN2O3S. The summed E-state index contributed by atoms with van der Waals surface area (Å²) in [5.41, 5.74) is 0.833. The standard InChI is InChI=1S/C14H22N2O3S.ClH/c1-11-8-13(4-5-14(11)19-3)20(17,18)16-7-6-12(10-16)9-15-2;/h4-5,8,12,15H,6-7,9-10H2,1-3H3;1H. The summed E-state index contributed by atoms with van der Waals surface area (Å²) >= 11 is 0. The van der Waals surface area contributed by atoms with Gasteiger partial charge in [-0.1, -0.05) is 0 Å². The van der Waals surface area contributed by atoms with Gasteiger partial charge in [0.1, 0.15) is 5.75 Å². The van der Waals surface area contributed by atoms with E-state index in [0.29, 0.717) is 29.7 Å². The summed E-state index contributed by atoms with van der Waals surface area (Å²) < 4.78 is 32.0. The summed E-state index contributed by atoms with van der Waals surface area (Å²) in [5, 5.41) is 3.11. The highest BCUT2D eigenvalue weighted by Gasteiger charge is 2.32. The summed E-state index contributed by atoms with van der Waals surface area (Å²) in [4.78, 5) is 0.348. The third-order valence-corrected chi connectivity index (χ3v) is 5.61. The molecule has 0 aliphatic carbocycles. The highest BCUT2D eigenvalue weighted by atomic mass is 35.5. The second-order valence-electron chi connectivity index (χ2n) is 5.21. The van der Waals surface area contributed by atoms with Crippen molar-refractivity contribution in [3.63, 3.8) is 0 Å². The van der Waals surface area contributed by atoms with E-state index >= 15 is 0 Å². The van der Waals surface area contributed by atoms with Gasteiger partial charge in [-0.3, -0.25) is 0 Å². The fraction of sp³-hybridized carbons (Fsp3) is 0.571. The zero-order chi connectivity index (χ0) is 14.8. The average molecular weight is 335 g/mol. The molecular weight excluding hydrogens is 312 g/mol. The van der Waals surface area contributed by atoms with Crippen molar-refractivity contribution in [2.24, 2.45) is 5.92 Å². The quantitative estimate of drug-likeness (QED) is 0.889. The van der Waals surface area contributed by atoms with E-state index in [0.717, 1.165) is 18.5 Å². The highest BCUT2D eigenvalue weighted by molar-refractivity contribution is 7.89. The van der Waals surface area contributed by atoms with Gasteiger partial charge >= 0.3 is 0 Å². The first-order valence-electron chi connectivity index (χ1n) is 6.78. The van der Waals surface area contributed by atoms with Gasteiger partial charge in [-0.15, -0.1) is 12.4 Å². The molecule has 0 amide bonds. The Bertz CT molecular complexity index is 578.